The summed E-state index contributed by atoms with van der Waals surface area (Å²) in [6.07, 6.45) is 1.64. The Balaban J connectivity index is 2.10. The molecule has 0 spiro atoms. The van der Waals surface area contributed by atoms with E-state index in [0.717, 1.165) is 17.0 Å². The fourth-order valence-electron chi connectivity index (χ4n) is 2.06. The maximum absolute atomic E-state index is 9.31. The molecule has 0 fully saturated rings. The summed E-state index contributed by atoms with van der Waals surface area (Å²) in [6.45, 7) is 1.71. The monoisotopic (exact) mass is 353 g/mol. The largest absolute Gasteiger partial charge is 0.497 e. The Hall–Kier alpha value is -3.19. The molecule has 0 saturated heterocycles. The predicted molar refractivity (Wildman–Crippen MR) is 106 cm³/mol. The molecule has 0 atom stereocenters. The molecule has 0 radical (unpaired) electrons. The van der Waals surface area contributed by atoms with Gasteiger partial charge in [0.15, 0.2) is 5.84 Å². The van der Waals surface area contributed by atoms with Crippen molar-refractivity contribution in [2.24, 2.45) is 15.2 Å². The first kappa shape index (κ1) is 19.1. The number of hydrogen-bond donors (Lipinski definition) is 2. The van der Waals surface area contributed by atoms with Crippen LogP contribution in [0.5, 0.6) is 5.75 Å². The molecular weight excluding hydrogens is 330 g/mol. The molecule has 26 heavy (non-hydrogen) atoms. The van der Waals surface area contributed by atoms with E-state index in [9.17, 15) is 5.21 Å². The minimum Gasteiger partial charge on any atom is -0.497 e. The van der Waals surface area contributed by atoms with Gasteiger partial charge in [0, 0.05) is 19.8 Å². The van der Waals surface area contributed by atoms with Gasteiger partial charge >= 0.3 is 0 Å². The van der Waals surface area contributed by atoms with Crippen molar-refractivity contribution in [3.8, 4) is 5.75 Å². The average molecular weight is 353 g/mol. The van der Waals surface area contributed by atoms with Crippen LogP contribution in [0.2, 0.25) is 0 Å². The molecule has 0 amide bonds. The minimum atomic E-state index is 0.218. The number of benzene rings is 2. The van der Waals surface area contributed by atoms with Crippen LogP contribution in [0.25, 0.3) is 0 Å². The fourth-order valence-corrected chi connectivity index (χ4v) is 2.06. The molecule has 2 rings (SSSR count). The Bertz CT molecular complexity index is 794. The Morgan fingerprint density at radius 3 is 2.27 bits per heavy atom. The number of rotatable bonds is 6. The lowest BCUT2D eigenvalue weighted by Gasteiger charge is -2.11. The standard InChI is InChI=1S/C19H23N5O2/c1-14(19(23-25)21-16-7-11-18(26-4)12-8-16)22-20-13-15-5-9-17(10-6-15)24(2)3/h5-13,25H,1-4H3,(H,21,23)/b20-13+,22-14+. The Labute approximate surface area is 153 Å². The molecule has 2 aromatic carbocycles. The second-order valence-electron chi connectivity index (χ2n) is 5.69. The van der Waals surface area contributed by atoms with Crippen molar-refractivity contribution < 1.29 is 9.94 Å². The lowest BCUT2D eigenvalue weighted by atomic mass is 10.2. The molecule has 2 aromatic rings. The normalized spacial score (nSPS) is 12.3. The van der Waals surface area contributed by atoms with Gasteiger partial charge in [-0.05, 0) is 48.9 Å². The van der Waals surface area contributed by atoms with Gasteiger partial charge in [0.1, 0.15) is 11.5 Å². The molecule has 0 aliphatic rings. The highest BCUT2D eigenvalue weighted by Crippen LogP contribution is 2.17. The van der Waals surface area contributed by atoms with E-state index in [4.69, 9.17) is 4.74 Å². The summed E-state index contributed by atoms with van der Waals surface area (Å²) in [5.41, 5.74) is 5.20. The lowest BCUT2D eigenvalue weighted by molar-refractivity contribution is 0.236. The highest BCUT2D eigenvalue weighted by Gasteiger charge is 2.03. The molecule has 7 heteroatoms. The van der Waals surface area contributed by atoms with Crippen LogP contribution in [0.4, 0.5) is 11.4 Å². The van der Waals surface area contributed by atoms with Crippen molar-refractivity contribution in [2.75, 3.05) is 26.1 Å². The Kier molecular flexibility index (Phi) is 6.87. The van der Waals surface area contributed by atoms with Crippen molar-refractivity contribution >= 4 is 29.1 Å². The fraction of sp³-hybridized carbons (Fsp3) is 0.211. The van der Waals surface area contributed by atoms with Crippen LogP contribution in [0, 0.1) is 0 Å². The summed E-state index contributed by atoms with van der Waals surface area (Å²) in [5, 5.41) is 17.4. The molecule has 7 nitrogen and oxygen atoms in total. The first-order chi connectivity index (χ1) is 12.5. The summed E-state index contributed by atoms with van der Waals surface area (Å²) < 4.78 is 5.10. The second kappa shape index (κ2) is 9.33. The molecule has 0 aliphatic carbocycles. The van der Waals surface area contributed by atoms with Gasteiger partial charge in [0.2, 0.25) is 0 Å². The van der Waals surface area contributed by atoms with E-state index >= 15 is 0 Å². The Morgan fingerprint density at radius 2 is 1.73 bits per heavy atom. The zero-order valence-electron chi connectivity index (χ0n) is 15.3. The van der Waals surface area contributed by atoms with E-state index in [1.54, 1.807) is 44.5 Å². The third kappa shape index (κ3) is 5.42. The van der Waals surface area contributed by atoms with Gasteiger partial charge in [0.25, 0.3) is 0 Å². The predicted octanol–water partition coefficient (Wildman–Crippen LogP) is 3.27. The maximum Gasteiger partial charge on any atom is 0.173 e. The van der Waals surface area contributed by atoms with Gasteiger partial charge in [-0.1, -0.05) is 12.1 Å². The molecular formula is C19H23N5O2. The van der Waals surface area contributed by atoms with E-state index in [0.29, 0.717) is 11.4 Å². The number of ether oxygens (including phenoxy) is 1. The van der Waals surface area contributed by atoms with E-state index in [2.05, 4.69) is 20.7 Å². The topological polar surface area (TPSA) is 81.8 Å². The Morgan fingerprint density at radius 1 is 1.08 bits per heavy atom. The van der Waals surface area contributed by atoms with Gasteiger partial charge in [-0.2, -0.15) is 10.2 Å². The number of aliphatic imine (C=N–C) groups is 1. The van der Waals surface area contributed by atoms with E-state index in [1.165, 1.54) is 0 Å². The van der Waals surface area contributed by atoms with Crippen LogP contribution in [-0.2, 0) is 0 Å². The van der Waals surface area contributed by atoms with Crippen LogP contribution in [0.3, 0.4) is 0 Å². The van der Waals surface area contributed by atoms with Crippen molar-refractivity contribution in [1.29, 1.82) is 0 Å². The first-order valence-corrected chi connectivity index (χ1v) is 8.01. The van der Waals surface area contributed by atoms with Gasteiger partial charge < -0.3 is 9.64 Å². The number of nitrogens with one attached hydrogen (secondary N) is 1. The van der Waals surface area contributed by atoms with Gasteiger partial charge in [-0.3, -0.25) is 10.7 Å². The zero-order valence-corrected chi connectivity index (χ0v) is 15.3. The number of hydrogen-bond acceptors (Lipinski definition) is 6. The van der Waals surface area contributed by atoms with Gasteiger partial charge in [-0.25, -0.2) is 4.99 Å². The summed E-state index contributed by atoms with van der Waals surface area (Å²) in [7, 11) is 5.58. The smallest absolute Gasteiger partial charge is 0.173 e. The second-order valence-corrected chi connectivity index (χ2v) is 5.69. The lowest BCUT2D eigenvalue weighted by Crippen LogP contribution is -2.26. The van der Waals surface area contributed by atoms with Crippen LogP contribution in [-0.4, -0.2) is 44.2 Å². The third-order valence-electron chi connectivity index (χ3n) is 3.59. The molecule has 0 saturated carbocycles. The molecule has 0 aliphatic heterocycles. The summed E-state index contributed by atoms with van der Waals surface area (Å²) in [4.78, 5) is 6.32. The van der Waals surface area contributed by atoms with Crippen molar-refractivity contribution in [1.82, 2.24) is 5.48 Å². The summed E-state index contributed by atoms with van der Waals surface area (Å²) >= 11 is 0. The van der Waals surface area contributed by atoms with E-state index in [-0.39, 0.29) is 5.84 Å². The third-order valence-corrected chi connectivity index (χ3v) is 3.59. The number of methoxy groups -OCH3 is 1. The molecule has 0 bridgehead atoms. The highest BCUT2D eigenvalue weighted by atomic mass is 16.5. The molecule has 0 aromatic heterocycles. The summed E-state index contributed by atoms with van der Waals surface area (Å²) in [6, 6.07) is 15.1. The molecule has 0 heterocycles. The number of anilines is 1. The maximum atomic E-state index is 9.31. The molecule has 136 valence electrons. The quantitative estimate of drug-likeness (QED) is 0.474. The van der Waals surface area contributed by atoms with E-state index < -0.39 is 0 Å². The number of amidine groups is 1. The highest BCUT2D eigenvalue weighted by molar-refractivity contribution is 6.40. The van der Waals surface area contributed by atoms with Gasteiger partial charge in [0.05, 0.1) is 19.0 Å². The number of hydroxylamine groups is 1. The van der Waals surface area contributed by atoms with Crippen molar-refractivity contribution in [3.05, 3.63) is 54.1 Å². The van der Waals surface area contributed by atoms with Crippen LogP contribution >= 0.6 is 0 Å². The first-order valence-electron chi connectivity index (χ1n) is 8.01. The summed E-state index contributed by atoms with van der Waals surface area (Å²) in [5.74, 6) is 0.952. The minimum absolute atomic E-state index is 0.218. The molecule has 0 unspecified atom stereocenters. The van der Waals surface area contributed by atoms with Crippen LogP contribution < -0.4 is 15.1 Å². The van der Waals surface area contributed by atoms with Crippen molar-refractivity contribution in [3.63, 3.8) is 0 Å². The molecule has 2 N–H and O–H groups in total. The van der Waals surface area contributed by atoms with E-state index in [1.807, 2.05) is 43.3 Å². The average Bonchev–Trinajstić information content (AvgIpc) is 2.66. The van der Waals surface area contributed by atoms with Crippen LogP contribution in [0.15, 0.2) is 63.7 Å². The van der Waals surface area contributed by atoms with Gasteiger partial charge in [-0.15, -0.1) is 0 Å². The van der Waals surface area contributed by atoms with Crippen molar-refractivity contribution in [2.45, 2.75) is 6.92 Å². The zero-order chi connectivity index (χ0) is 18.9. The van der Waals surface area contributed by atoms with Crippen LogP contribution in [0.1, 0.15) is 12.5 Å². The number of nitrogens with zero attached hydrogens (tertiary/aromatic N) is 4. The SMILES string of the molecule is COc1ccc(N=C(NO)/C(C)=N/N=C/c2ccc(N(C)C)cc2)cc1.